The molecule has 3 nitrogen and oxygen atoms in total. The average Bonchev–Trinajstić information content (AvgIpc) is 2.15. The maximum atomic E-state index is 11.6. The highest BCUT2D eigenvalue weighted by atomic mass is 16.5. The molecule has 1 rings (SSSR count). The molecule has 1 fully saturated rings. The van der Waals surface area contributed by atoms with Crippen LogP contribution in [0, 0.1) is 0 Å². The lowest BCUT2D eigenvalue weighted by molar-refractivity contribution is -0.152. The molecule has 0 radical (unpaired) electrons. The van der Waals surface area contributed by atoms with Gasteiger partial charge in [-0.2, -0.15) is 0 Å². The molecule has 1 aliphatic rings. The van der Waals surface area contributed by atoms with E-state index in [2.05, 4.69) is 5.32 Å². The van der Waals surface area contributed by atoms with E-state index >= 15 is 0 Å². The highest BCUT2D eigenvalue weighted by Crippen LogP contribution is 2.19. The molecule has 1 atom stereocenters. The summed E-state index contributed by atoms with van der Waals surface area (Å²) in [7, 11) is 0. The first-order chi connectivity index (χ1) is 6.19. The van der Waals surface area contributed by atoms with Gasteiger partial charge in [-0.15, -0.1) is 0 Å². The molecule has 0 bridgehead atoms. The summed E-state index contributed by atoms with van der Waals surface area (Å²) in [5.74, 6) is -0.0888. The van der Waals surface area contributed by atoms with Crippen molar-refractivity contribution in [2.24, 2.45) is 0 Å². The van der Waals surface area contributed by atoms with Crippen molar-refractivity contribution in [3.8, 4) is 0 Å². The van der Waals surface area contributed by atoms with E-state index in [0.29, 0.717) is 6.61 Å². The second-order valence-electron chi connectivity index (χ2n) is 3.85. The van der Waals surface area contributed by atoms with Crippen molar-refractivity contribution >= 4 is 5.97 Å². The Labute approximate surface area is 79.8 Å². The lowest BCUT2D eigenvalue weighted by Gasteiger charge is -2.32. The molecule has 0 saturated carbocycles. The van der Waals surface area contributed by atoms with Gasteiger partial charge in [-0.25, -0.2) is 0 Å². The lowest BCUT2D eigenvalue weighted by Crippen LogP contribution is -2.53. The monoisotopic (exact) mass is 185 g/mol. The first kappa shape index (κ1) is 10.5. The number of carbonyl (C=O) groups excluding carboxylic acids is 1. The number of nitrogens with one attached hydrogen (secondary N) is 1. The molecule has 76 valence electrons. The van der Waals surface area contributed by atoms with Crippen LogP contribution in [-0.4, -0.2) is 24.7 Å². The summed E-state index contributed by atoms with van der Waals surface area (Å²) in [5.41, 5.74) is -0.423. The Morgan fingerprint density at radius 3 is 2.85 bits per heavy atom. The maximum absolute atomic E-state index is 11.6. The zero-order valence-corrected chi connectivity index (χ0v) is 8.56. The minimum absolute atomic E-state index is 0.0888. The highest BCUT2D eigenvalue weighted by Gasteiger charge is 2.35. The zero-order valence-electron chi connectivity index (χ0n) is 8.56. The van der Waals surface area contributed by atoms with Gasteiger partial charge in [0.15, 0.2) is 0 Å². The molecule has 0 aromatic rings. The van der Waals surface area contributed by atoms with Gasteiger partial charge in [0, 0.05) is 0 Å². The molecule has 0 aliphatic carbocycles. The van der Waals surface area contributed by atoms with Gasteiger partial charge in [-0.05, 0) is 39.2 Å². The number of piperidine rings is 1. The predicted octanol–water partition coefficient (Wildman–Crippen LogP) is 1.47. The Morgan fingerprint density at radius 1 is 1.54 bits per heavy atom. The largest absolute Gasteiger partial charge is 0.464 e. The van der Waals surface area contributed by atoms with Gasteiger partial charge in [0.05, 0.1) is 6.61 Å². The van der Waals surface area contributed by atoms with Crippen molar-refractivity contribution in [3.63, 3.8) is 0 Å². The molecule has 13 heavy (non-hydrogen) atoms. The van der Waals surface area contributed by atoms with Crippen LogP contribution in [0.15, 0.2) is 0 Å². The molecule has 0 aromatic heterocycles. The van der Waals surface area contributed by atoms with Crippen molar-refractivity contribution < 1.29 is 9.53 Å². The van der Waals surface area contributed by atoms with E-state index < -0.39 is 5.54 Å². The third-order valence-corrected chi connectivity index (χ3v) is 2.51. The lowest BCUT2D eigenvalue weighted by atomic mass is 9.91. The summed E-state index contributed by atoms with van der Waals surface area (Å²) in [4.78, 5) is 11.6. The number of carbonyl (C=O) groups is 1. The third kappa shape index (κ3) is 2.69. The van der Waals surface area contributed by atoms with E-state index in [1.165, 1.54) is 0 Å². The Hall–Kier alpha value is -0.570. The van der Waals surface area contributed by atoms with Crippen LogP contribution in [0.2, 0.25) is 0 Å². The fraction of sp³-hybridized carbons (Fsp3) is 0.900. The van der Waals surface area contributed by atoms with Crippen LogP contribution in [0.25, 0.3) is 0 Å². The molecule has 1 aliphatic heterocycles. The topological polar surface area (TPSA) is 38.3 Å². The Balaban J connectivity index is 2.42. The van der Waals surface area contributed by atoms with Gasteiger partial charge in [-0.3, -0.25) is 4.79 Å². The predicted molar refractivity (Wildman–Crippen MR) is 51.5 cm³/mol. The van der Waals surface area contributed by atoms with Crippen LogP contribution >= 0.6 is 0 Å². The number of hydrogen-bond acceptors (Lipinski definition) is 3. The zero-order chi connectivity index (χ0) is 9.73. The number of esters is 1. The van der Waals surface area contributed by atoms with Gasteiger partial charge in [0.2, 0.25) is 0 Å². The molecule has 1 unspecified atom stereocenters. The van der Waals surface area contributed by atoms with E-state index in [-0.39, 0.29) is 5.97 Å². The molecule has 0 spiro atoms. The third-order valence-electron chi connectivity index (χ3n) is 2.51. The van der Waals surface area contributed by atoms with E-state index in [1.807, 2.05) is 13.8 Å². The Morgan fingerprint density at radius 2 is 2.31 bits per heavy atom. The Kier molecular flexibility index (Phi) is 3.72. The van der Waals surface area contributed by atoms with Crippen LogP contribution in [-0.2, 0) is 9.53 Å². The summed E-state index contributed by atoms with van der Waals surface area (Å²) in [6, 6.07) is 0. The maximum Gasteiger partial charge on any atom is 0.326 e. The van der Waals surface area contributed by atoms with Crippen LogP contribution in [0.4, 0.5) is 0 Å². The van der Waals surface area contributed by atoms with Gasteiger partial charge < -0.3 is 10.1 Å². The summed E-state index contributed by atoms with van der Waals surface area (Å²) in [6.07, 6.45) is 4.07. The second-order valence-corrected chi connectivity index (χ2v) is 3.85. The molecule has 0 amide bonds. The second kappa shape index (κ2) is 4.61. The van der Waals surface area contributed by atoms with E-state index in [4.69, 9.17) is 4.74 Å². The van der Waals surface area contributed by atoms with Gasteiger partial charge in [-0.1, -0.05) is 6.92 Å². The van der Waals surface area contributed by atoms with Gasteiger partial charge >= 0.3 is 5.97 Å². The van der Waals surface area contributed by atoms with Crippen LogP contribution in [0.5, 0.6) is 0 Å². The fourth-order valence-corrected chi connectivity index (χ4v) is 1.58. The van der Waals surface area contributed by atoms with Crippen LogP contribution < -0.4 is 5.32 Å². The molecule has 3 heteroatoms. The molecular weight excluding hydrogens is 166 g/mol. The minimum Gasteiger partial charge on any atom is -0.464 e. The van der Waals surface area contributed by atoms with Crippen LogP contribution in [0.1, 0.15) is 39.5 Å². The minimum atomic E-state index is -0.423. The standard InChI is InChI=1S/C10H19NO2/c1-3-8-13-9(12)10(2)6-4-5-7-11-10/h11H,3-8H2,1-2H3. The van der Waals surface area contributed by atoms with E-state index in [0.717, 1.165) is 32.2 Å². The fourth-order valence-electron chi connectivity index (χ4n) is 1.58. The quantitative estimate of drug-likeness (QED) is 0.677. The summed E-state index contributed by atoms with van der Waals surface area (Å²) in [5, 5.41) is 3.23. The van der Waals surface area contributed by atoms with Crippen molar-refractivity contribution in [2.75, 3.05) is 13.2 Å². The molecular formula is C10H19NO2. The SMILES string of the molecule is CCCOC(=O)C1(C)CCCCN1. The van der Waals surface area contributed by atoms with E-state index in [1.54, 1.807) is 0 Å². The van der Waals surface area contributed by atoms with E-state index in [9.17, 15) is 4.79 Å². The van der Waals surface area contributed by atoms with Crippen molar-refractivity contribution in [1.29, 1.82) is 0 Å². The molecule has 1 saturated heterocycles. The van der Waals surface area contributed by atoms with Crippen molar-refractivity contribution in [2.45, 2.75) is 45.1 Å². The molecule has 1 heterocycles. The summed E-state index contributed by atoms with van der Waals surface area (Å²) >= 11 is 0. The smallest absolute Gasteiger partial charge is 0.326 e. The average molecular weight is 185 g/mol. The molecule has 1 N–H and O–H groups in total. The molecule has 0 aromatic carbocycles. The number of rotatable bonds is 3. The van der Waals surface area contributed by atoms with Gasteiger partial charge in [0.1, 0.15) is 5.54 Å². The first-order valence-electron chi connectivity index (χ1n) is 5.11. The van der Waals surface area contributed by atoms with Gasteiger partial charge in [0.25, 0.3) is 0 Å². The summed E-state index contributed by atoms with van der Waals surface area (Å²) < 4.78 is 5.13. The van der Waals surface area contributed by atoms with Crippen LogP contribution in [0.3, 0.4) is 0 Å². The van der Waals surface area contributed by atoms with Crippen molar-refractivity contribution in [1.82, 2.24) is 5.32 Å². The number of ether oxygens (including phenoxy) is 1. The summed E-state index contributed by atoms with van der Waals surface area (Å²) in [6.45, 7) is 5.40. The number of hydrogen-bond donors (Lipinski definition) is 1. The first-order valence-corrected chi connectivity index (χ1v) is 5.11. The Bertz CT molecular complexity index is 174. The van der Waals surface area contributed by atoms with Crippen molar-refractivity contribution in [3.05, 3.63) is 0 Å². The highest BCUT2D eigenvalue weighted by molar-refractivity contribution is 5.80. The normalized spacial score (nSPS) is 28.5.